The van der Waals surface area contributed by atoms with Crippen LogP contribution in [-0.4, -0.2) is 24.1 Å². The van der Waals surface area contributed by atoms with Gasteiger partial charge in [0, 0.05) is 40.3 Å². The summed E-state index contributed by atoms with van der Waals surface area (Å²) in [6.45, 7) is 5.42. The Morgan fingerprint density at radius 2 is 2.18 bits per heavy atom. The summed E-state index contributed by atoms with van der Waals surface area (Å²) in [5, 5.41) is 0. The van der Waals surface area contributed by atoms with Gasteiger partial charge >= 0.3 is 0 Å². The predicted molar refractivity (Wildman–Crippen MR) is 82.0 cm³/mol. The van der Waals surface area contributed by atoms with Gasteiger partial charge < -0.3 is 4.18 Å². The van der Waals surface area contributed by atoms with Gasteiger partial charge in [0.25, 0.3) is 0 Å². The molecule has 1 aromatic carbocycles. The van der Waals surface area contributed by atoms with Crippen molar-refractivity contribution >= 4 is 30.4 Å². The third-order valence-corrected chi connectivity index (χ3v) is 4.36. The van der Waals surface area contributed by atoms with E-state index < -0.39 is 0 Å². The molecule has 0 spiro atoms. The molecular weight excluding hydrogens is 345 g/mol. The van der Waals surface area contributed by atoms with Crippen molar-refractivity contribution in [3.05, 3.63) is 35.9 Å². The maximum Gasteiger partial charge on any atom is 0.0664 e. The Bertz CT molecular complexity index is 335. The maximum atomic E-state index is 5.44. The first-order chi connectivity index (χ1) is 8.29. The third-order valence-electron chi connectivity index (χ3n) is 3.37. The number of hydrogen-bond donors (Lipinski definition) is 0. The van der Waals surface area contributed by atoms with Crippen LogP contribution in [0.1, 0.15) is 18.9 Å². The molecule has 1 aliphatic heterocycles. The second kappa shape index (κ2) is 6.97. The van der Waals surface area contributed by atoms with Crippen LogP contribution in [0.5, 0.6) is 0 Å². The molecule has 0 amide bonds. The summed E-state index contributed by atoms with van der Waals surface area (Å²) < 4.78 is 5.44. The van der Waals surface area contributed by atoms with Crippen LogP contribution < -0.4 is 0 Å². The van der Waals surface area contributed by atoms with Gasteiger partial charge in [-0.1, -0.05) is 30.3 Å². The average Bonchev–Trinajstić information content (AvgIpc) is 2.69. The highest BCUT2D eigenvalue weighted by Gasteiger charge is 2.28. The summed E-state index contributed by atoms with van der Waals surface area (Å²) in [6, 6.07) is 11.4. The highest BCUT2D eigenvalue weighted by molar-refractivity contribution is 14.2. The smallest absolute Gasteiger partial charge is 0.0664 e. The predicted octanol–water partition coefficient (Wildman–Crippen LogP) is 3.91. The number of halogens is 1. The van der Waals surface area contributed by atoms with Gasteiger partial charge in [0.05, 0.1) is 15.8 Å². The van der Waals surface area contributed by atoms with Crippen molar-refractivity contribution in [2.24, 2.45) is 5.92 Å². The summed E-state index contributed by atoms with van der Waals surface area (Å²) in [6.07, 6.45) is 1.25. The molecule has 1 saturated heterocycles. The van der Waals surface area contributed by atoms with Gasteiger partial charge in [-0.2, -0.15) is 0 Å². The lowest BCUT2D eigenvalue weighted by molar-refractivity contribution is 0.242. The standard InChI is InChI=1S/C13H18INOS/c1-11-7-13(10-16-17-14)9-15(11)8-12-5-3-2-4-6-12/h2-6,11,13H,7-10H2,1H3. The van der Waals surface area contributed by atoms with Crippen molar-refractivity contribution < 1.29 is 4.18 Å². The fourth-order valence-electron chi connectivity index (χ4n) is 2.50. The zero-order valence-electron chi connectivity index (χ0n) is 10.0. The van der Waals surface area contributed by atoms with Crippen LogP contribution in [0.25, 0.3) is 0 Å². The Labute approximate surface area is 120 Å². The van der Waals surface area contributed by atoms with Crippen LogP contribution >= 0.6 is 30.4 Å². The van der Waals surface area contributed by atoms with Crippen LogP contribution in [0.3, 0.4) is 0 Å². The first-order valence-electron chi connectivity index (χ1n) is 5.97. The molecular formula is C13H18INOS. The largest absolute Gasteiger partial charge is 0.305 e. The van der Waals surface area contributed by atoms with E-state index in [4.69, 9.17) is 4.18 Å². The van der Waals surface area contributed by atoms with Crippen LogP contribution in [0.4, 0.5) is 0 Å². The fourth-order valence-corrected chi connectivity index (χ4v) is 3.18. The maximum absolute atomic E-state index is 5.44. The summed E-state index contributed by atoms with van der Waals surface area (Å²) in [5.41, 5.74) is 1.41. The van der Waals surface area contributed by atoms with Gasteiger partial charge in [0.15, 0.2) is 0 Å². The van der Waals surface area contributed by atoms with E-state index in [1.54, 1.807) is 0 Å². The summed E-state index contributed by atoms with van der Waals surface area (Å²) in [5.74, 6) is 0.691. The fraction of sp³-hybridized carbons (Fsp3) is 0.538. The Kier molecular flexibility index (Phi) is 5.59. The SMILES string of the molecule is CC1CC(COSI)CN1Cc1ccccc1. The molecule has 0 N–H and O–H groups in total. The minimum absolute atomic E-state index is 0.669. The molecule has 2 unspecified atom stereocenters. The lowest BCUT2D eigenvalue weighted by Crippen LogP contribution is -2.26. The van der Waals surface area contributed by atoms with Crippen LogP contribution in [-0.2, 0) is 10.7 Å². The molecule has 1 fully saturated rings. The van der Waals surface area contributed by atoms with Crippen molar-refractivity contribution in [2.45, 2.75) is 25.9 Å². The van der Waals surface area contributed by atoms with E-state index in [9.17, 15) is 0 Å². The number of likely N-dealkylation sites (tertiary alicyclic amines) is 1. The normalized spacial score (nSPS) is 25.3. The topological polar surface area (TPSA) is 12.5 Å². The molecule has 0 radical (unpaired) electrons. The third kappa shape index (κ3) is 4.12. The minimum atomic E-state index is 0.669. The Morgan fingerprint density at radius 1 is 1.41 bits per heavy atom. The van der Waals surface area contributed by atoms with Crippen molar-refractivity contribution in [2.75, 3.05) is 13.2 Å². The number of benzene rings is 1. The molecule has 94 valence electrons. The summed E-state index contributed by atoms with van der Waals surface area (Å²) in [4.78, 5) is 2.56. The van der Waals surface area contributed by atoms with E-state index in [0.29, 0.717) is 12.0 Å². The van der Waals surface area contributed by atoms with Gasteiger partial charge in [-0.3, -0.25) is 4.90 Å². The summed E-state index contributed by atoms with van der Waals surface area (Å²) >= 11 is 2.18. The van der Waals surface area contributed by atoms with Crippen molar-refractivity contribution in [3.63, 3.8) is 0 Å². The van der Waals surface area contributed by atoms with E-state index in [0.717, 1.165) is 19.7 Å². The Morgan fingerprint density at radius 3 is 2.88 bits per heavy atom. The van der Waals surface area contributed by atoms with Gasteiger partial charge in [-0.15, -0.1) is 0 Å². The molecule has 1 heterocycles. The first-order valence-corrected chi connectivity index (χ1v) is 9.26. The molecule has 2 rings (SSSR count). The lowest BCUT2D eigenvalue weighted by atomic mass is 10.1. The highest BCUT2D eigenvalue weighted by atomic mass is 127. The minimum Gasteiger partial charge on any atom is -0.305 e. The molecule has 0 saturated carbocycles. The Hall–Kier alpha value is 0.220. The van der Waals surface area contributed by atoms with Crippen molar-refractivity contribution in [3.8, 4) is 0 Å². The van der Waals surface area contributed by atoms with Crippen molar-refractivity contribution in [1.82, 2.24) is 4.90 Å². The molecule has 1 aliphatic rings. The first kappa shape index (κ1) is 13.6. The van der Waals surface area contributed by atoms with Crippen molar-refractivity contribution in [1.29, 1.82) is 0 Å². The van der Waals surface area contributed by atoms with Crippen LogP contribution in [0, 0.1) is 5.92 Å². The molecule has 2 nitrogen and oxygen atoms in total. The molecule has 17 heavy (non-hydrogen) atoms. The zero-order chi connectivity index (χ0) is 12.1. The molecule has 4 heteroatoms. The second-order valence-electron chi connectivity index (χ2n) is 4.71. The molecule has 2 atom stereocenters. The zero-order valence-corrected chi connectivity index (χ0v) is 13.0. The van der Waals surface area contributed by atoms with Crippen LogP contribution in [0.15, 0.2) is 30.3 Å². The lowest BCUT2D eigenvalue weighted by Gasteiger charge is -2.20. The monoisotopic (exact) mass is 363 g/mol. The number of rotatable bonds is 5. The molecule has 1 aromatic rings. The molecule has 0 aromatic heterocycles. The second-order valence-corrected chi connectivity index (χ2v) is 6.15. The van der Waals surface area contributed by atoms with E-state index in [1.165, 1.54) is 21.2 Å². The van der Waals surface area contributed by atoms with Crippen LogP contribution in [0.2, 0.25) is 0 Å². The van der Waals surface area contributed by atoms with E-state index >= 15 is 0 Å². The number of hydrogen-bond acceptors (Lipinski definition) is 3. The van der Waals surface area contributed by atoms with E-state index in [1.807, 2.05) is 0 Å². The number of nitrogens with zero attached hydrogens (tertiary/aromatic N) is 1. The van der Waals surface area contributed by atoms with Gasteiger partial charge in [-0.25, -0.2) is 0 Å². The van der Waals surface area contributed by atoms with E-state index in [2.05, 4.69) is 63.4 Å². The van der Waals surface area contributed by atoms with Gasteiger partial charge in [0.1, 0.15) is 0 Å². The molecule has 0 aliphatic carbocycles. The molecule has 0 bridgehead atoms. The summed E-state index contributed by atoms with van der Waals surface area (Å²) in [7, 11) is 1.45. The average molecular weight is 363 g/mol. The highest BCUT2D eigenvalue weighted by Crippen LogP contribution is 2.26. The van der Waals surface area contributed by atoms with E-state index in [-0.39, 0.29) is 0 Å². The van der Waals surface area contributed by atoms with Gasteiger partial charge in [-0.05, 0) is 24.8 Å². The quantitative estimate of drug-likeness (QED) is 0.581. The van der Waals surface area contributed by atoms with Gasteiger partial charge in [0.2, 0.25) is 0 Å². The Balaban J connectivity index is 1.86.